The monoisotopic (exact) mass is 622 g/mol. The number of nitrogens with one attached hydrogen (secondary N) is 3. The van der Waals surface area contributed by atoms with Crippen molar-refractivity contribution in [1.29, 1.82) is 0 Å². The Morgan fingerprint density at radius 2 is 1.88 bits per heavy atom. The van der Waals surface area contributed by atoms with E-state index in [-0.39, 0.29) is 16.3 Å². The number of allylic oxidation sites excluding steroid dienone is 1. The van der Waals surface area contributed by atoms with Gasteiger partial charge in [0.25, 0.3) is 21.8 Å². The second-order valence-corrected chi connectivity index (χ2v) is 14.3. The first-order valence-corrected chi connectivity index (χ1v) is 16.2. The van der Waals surface area contributed by atoms with Gasteiger partial charge < -0.3 is 20.3 Å². The van der Waals surface area contributed by atoms with E-state index < -0.39 is 63.0 Å². The maximum Gasteiger partial charge on any atom is 0.408 e. The Hall–Kier alpha value is -3.12. The third kappa shape index (κ3) is 7.63. The summed E-state index contributed by atoms with van der Waals surface area (Å²) in [6, 6.07) is 4.64. The first-order chi connectivity index (χ1) is 19.7. The summed E-state index contributed by atoms with van der Waals surface area (Å²) in [4.78, 5) is 54.6. The molecule has 2 fully saturated rings. The highest BCUT2D eigenvalue weighted by atomic mass is 35.5. The minimum absolute atomic E-state index is 0.176. The highest BCUT2D eigenvalue weighted by Gasteiger charge is 2.61. The number of hydrogen-bond acceptors (Lipinski definition) is 7. The van der Waals surface area contributed by atoms with Crippen molar-refractivity contribution in [3.8, 4) is 0 Å². The van der Waals surface area contributed by atoms with Gasteiger partial charge in [0, 0.05) is 23.0 Å². The summed E-state index contributed by atoms with van der Waals surface area (Å²) in [6.07, 6.45) is 6.37. The van der Waals surface area contributed by atoms with Crippen LogP contribution in [0.25, 0.3) is 0 Å². The predicted molar refractivity (Wildman–Crippen MR) is 156 cm³/mol. The largest absolute Gasteiger partial charge is 0.436 e. The van der Waals surface area contributed by atoms with E-state index in [4.69, 9.17) is 16.3 Å². The lowest BCUT2D eigenvalue weighted by molar-refractivity contribution is -0.146. The maximum atomic E-state index is 13.6. The molecule has 42 heavy (non-hydrogen) atoms. The molecule has 4 atom stereocenters. The van der Waals surface area contributed by atoms with Crippen molar-refractivity contribution in [2.75, 3.05) is 6.54 Å². The van der Waals surface area contributed by atoms with Crippen molar-refractivity contribution < 1.29 is 32.3 Å². The van der Waals surface area contributed by atoms with Gasteiger partial charge >= 0.3 is 6.09 Å². The zero-order chi connectivity index (χ0) is 30.7. The van der Waals surface area contributed by atoms with Crippen LogP contribution in [0.15, 0.2) is 41.3 Å². The average Bonchev–Trinajstić information content (AvgIpc) is 3.35. The van der Waals surface area contributed by atoms with Crippen LogP contribution in [0.3, 0.4) is 0 Å². The Morgan fingerprint density at radius 3 is 2.60 bits per heavy atom. The third-order valence-electron chi connectivity index (χ3n) is 7.65. The van der Waals surface area contributed by atoms with Crippen LogP contribution in [0.1, 0.15) is 72.1 Å². The second kappa shape index (κ2) is 12.6. The Morgan fingerprint density at radius 1 is 1.12 bits per heavy atom. The summed E-state index contributed by atoms with van der Waals surface area (Å²) in [5.41, 5.74) is -2.04. The number of amides is 4. The molecule has 1 aliphatic carbocycles. The Bertz CT molecular complexity index is 1360. The Kier molecular flexibility index (Phi) is 9.56. The second-order valence-electron chi connectivity index (χ2n) is 12.2. The van der Waals surface area contributed by atoms with Crippen LogP contribution in [0.2, 0.25) is 5.02 Å². The summed E-state index contributed by atoms with van der Waals surface area (Å²) >= 11 is 5.95. The van der Waals surface area contributed by atoms with E-state index in [1.54, 1.807) is 20.8 Å². The van der Waals surface area contributed by atoms with Crippen molar-refractivity contribution in [1.82, 2.24) is 20.3 Å². The molecule has 0 unspecified atom stereocenters. The summed E-state index contributed by atoms with van der Waals surface area (Å²) in [7, 11) is -4.26. The molecular formula is C29H39ClN4O7S. The fourth-order valence-corrected chi connectivity index (χ4v) is 6.74. The summed E-state index contributed by atoms with van der Waals surface area (Å²) in [5, 5.41) is 5.70. The molecule has 2 heterocycles. The first-order valence-electron chi connectivity index (χ1n) is 14.3. The van der Waals surface area contributed by atoms with E-state index in [9.17, 15) is 27.6 Å². The van der Waals surface area contributed by atoms with E-state index in [2.05, 4.69) is 15.4 Å². The molecule has 3 aliphatic rings. The molecule has 1 aromatic carbocycles. The standard InChI is InChI=1S/C29H39ClN4O7S/c1-28(2,3)32-27(38)41-23-15-8-6-4-5-7-11-19-18-29(19,31-24(35)22-14-10-16-34(22)25(23)36)26(37)33-42(39,40)21-13-9-12-20(30)17-21/h7,9,11-13,17,19,22-23H,4-6,8,10,14-16,18H2,1-3H3,(H,31,35)(H,32,38)(H,33,37)/t19-,22+,23+,29-/m1/s1. The number of nitrogens with zero attached hydrogens (tertiary/aromatic N) is 1. The minimum atomic E-state index is -4.26. The van der Waals surface area contributed by atoms with Gasteiger partial charge in [-0.25, -0.2) is 17.9 Å². The lowest BCUT2D eigenvalue weighted by Crippen LogP contribution is -2.57. The molecule has 0 bridgehead atoms. The van der Waals surface area contributed by atoms with Gasteiger partial charge in [-0.05, 0) is 83.9 Å². The molecule has 11 nitrogen and oxygen atoms in total. The summed E-state index contributed by atoms with van der Waals surface area (Å²) < 4.78 is 33.7. The smallest absolute Gasteiger partial charge is 0.408 e. The maximum absolute atomic E-state index is 13.6. The summed E-state index contributed by atoms with van der Waals surface area (Å²) in [6.45, 7) is 5.71. The molecule has 3 N–H and O–H groups in total. The van der Waals surface area contributed by atoms with Crippen LogP contribution in [0.5, 0.6) is 0 Å². The van der Waals surface area contributed by atoms with Gasteiger partial charge in [-0.1, -0.05) is 36.2 Å². The topological polar surface area (TPSA) is 151 Å². The number of rotatable bonds is 4. The lowest BCUT2D eigenvalue weighted by atomic mass is 10.1. The predicted octanol–water partition coefficient (Wildman–Crippen LogP) is 3.42. The lowest BCUT2D eigenvalue weighted by Gasteiger charge is -2.30. The fourth-order valence-electron chi connectivity index (χ4n) is 5.41. The SMILES string of the molecule is CC(C)(C)NC(=O)O[C@H]1CCCCCC=C[C@@H]2C[C@@]2(C(=O)NS(=O)(=O)c2cccc(Cl)c2)NC(=O)[C@@H]2CCCN2C1=O. The van der Waals surface area contributed by atoms with Crippen molar-refractivity contribution in [2.24, 2.45) is 5.92 Å². The average molecular weight is 623 g/mol. The Balaban J connectivity index is 1.56. The van der Waals surface area contributed by atoms with Crippen LogP contribution in [-0.2, 0) is 29.1 Å². The van der Waals surface area contributed by atoms with E-state index in [1.165, 1.54) is 29.2 Å². The minimum Gasteiger partial charge on any atom is -0.436 e. The number of sulfonamides is 1. The number of ether oxygens (including phenoxy) is 1. The van der Waals surface area contributed by atoms with E-state index in [0.29, 0.717) is 38.6 Å². The highest BCUT2D eigenvalue weighted by Crippen LogP contribution is 2.45. The van der Waals surface area contributed by atoms with Crippen LogP contribution >= 0.6 is 11.6 Å². The highest BCUT2D eigenvalue weighted by molar-refractivity contribution is 7.90. The third-order valence-corrected chi connectivity index (χ3v) is 9.21. The zero-order valence-corrected chi connectivity index (χ0v) is 25.7. The molecule has 2 aliphatic heterocycles. The van der Waals surface area contributed by atoms with E-state index in [1.807, 2.05) is 12.2 Å². The van der Waals surface area contributed by atoms with Gasteiger partial charge in [0.1, 0.15) is 11.6 Å². The van der Waals surface area contributed by atoms with Crippen LogP contribution in [0, 0.1) is 5.92 Å². The van der Waals surface area contributed by atoms with Crippen LogP contribution in [0.4, 0.5) is 4.79 Å². The van der Waals surface area contributed by atoms with Gasteiger partial charge in [0.15, 0.2) is 6.10 Å². The van der Waals surface area contributed by atoms with Gasteiger partial charge in [-0.3, -0.25) is 14.4 Å². The normalized spacial score (nSPS) is 27.0. The van der Waals surface area contributed by atoms with E-state index in [0.717, 1.165) is 12.8 Å². The van der Waals surface area contributed by atoms with Crippen molar-refractivity contribution >= 4 is 45.4 Å². The number of benzene rings is 1. The molecule has 0 aromatic heterocycles. The summed E-state index contributed by atoms with van der Waals surface area (Å²) in [5.74, 6) is -2.28. The Labute approximate surface area is 251 Å². The fraction of sp³-hybridized carbons (Fsp3) is 0.586. The van der Waals surface area contributed by atoms with Crippen molar-refractivity contribution in [3.05, 3.63) is 41.4 Å². The van der Waals surface area contributed by atoms with Gasteiger partial charge in [-0.15, -0.1) is 0 Å². The van der Waals surface area contributed by atoms with Crippen molar-refractivity contribution in [3.63, 3.8) is 0 Å². The number of carbonyl (C=O) groups excluding carboxylic acids is 4. The number of carbonyl (C=O) groups is 4. The molecule has 13 heteroatoms. The molecule has 0 radical (unpaired) electrons. The molecule has 4 rings (SSSR count). The molecule has 1 saturated carbocycles. The van der Waals surface area contributed by atoms with Crippen molar-refractivity contribution in [2.45, 2.75) is 100 Å². The molecular weight excluding hydrogens is 584 g/mol. The van der Waals surface area contributed by atoms with Gasteiger partial charge in [0.2, 0.25) is 5.91 Å². The molecule has 1 aromatic rings. The van der Waals surface area contributed by atoms with Crippen LogP contribution in [-0.4, -0.2) is 66.9 Å². The molecule has 0 spiro atoms. The molecule has 4 amide bonds. The van der Waals surface area contributed by atoms with Crippen LogP contribution < -0.4 is 15.4 Å². The number of halogens is 1. The van der Waals surface area contributed by atoms with Gasteiger partial charge in [-0.2, -0.15) is 0 Å². The number of alkyl carbamates (subject to hydrolysis) is 1. The number of fused-ring (bicyclic) bond motifs is 2. The quantitative estimate of drug-likeness (QED) is 0.435. The zero-order valence-electron chi connectivity index (χ0n) is 24.2. The molecule has 1 saturated heterocycles. The molecule has 230 valence electrons. The van der Waals surface area contributed by atoms with E-state index >= 15 is 0 Å². The first kappa shape index (κ1) is 31.8. The van der Waals surface area contributed by atoms with Gasteiger partial charge in [0.05, 0.1) is 4.90 Å². The number of hydrogen-bond donors (Lipinski definition) is 3.